The monoisotopic (exact) mass is 321 g/mol. The number of carbonyl (C=O) groups is 1. The number of halogens is 3. The fourth-order valence-corrected chi connectivity index (χ4v) is 1.98. The van der Waals surface area contributed by atoms with Crippen LogP contribution >= 0.6 is 27.5 Å². The van der Waals surface area contributed by atoms with Gasteiger partial charge in [0.25, 0.3) is 5.91 Å². The first-order valence-corrected chi connectivity index (χ1v) is 6.77. The fourth-order valence-electron chi connectivity index (χ4n) is 1.36. The molecule has 1 rings (SSSR count). The van der Waals surface area contributed by atoms with E-state index in [2.05, 4.69) is 21.2 Å². The predicted octanol–water partition coefficient (Wildman–Crippen LogP) is 3.73. The topological polar surface area (TPSA) is 29.1 Å². The molecule has 0 aliphatic heterocycles. The maximum absolute atomic E-state index is 13.0. The van der Waals surface area contributed by atoms with Gasteiger partial charge in [-0.15, -0.1) is 11.6 Å². The summed E-state index contributed by atoms with van der Waals surface area (Å²) in [7, 11) is 0. The van der Waals surface area contributed by atoms with E-state index in [-0.39, 0.29) is 5.91 Å². The van der Waals surface area contributed by atoms with E-state index in [0.717, 1.165) is 19.3 Å². The van der Waals surface area contributed by atoms with Crippen molar-refractivity contribution in [1.29, 1.82) is 0 Å². The van der Waals surface area contributed by atoms with E-state index in [9.17, 15) is 9.18 Å². The second kappa shape index (κ2) is 7.67. The molecule has 0 aromatic heterocycles. The van der Waals surface area contributed by atoms with Crippen molar-refractivity contribution in [3.05, 3.63) is 34.1 Å². The van der Waals surface area contributed by atoms with Crippen LogP contribution in [0.1, 0.15) is 29.6 Å². The standard InChI is InChI=1S/C12H14BrClFNO/c13-11-5-4-9(15)8-10(11)12(17)16-7-3-1-2-6-14/h4-5,8H,1-3,6-7H2,(H,16,17). The number of unbranched alkanes of at least 4 members (excludes halogenated alkanes) is 2. The van der Waals surface area contributed by atoms with Crippen LogP contribution in [-0.2, 0) is 0 Å². The highest BCUT2D eigenvalue weighted by Crippen LogP contribution is 2.17. The minimum absolute atomic E-state index is 0.262. The van der Waals surface area contributed by atoms with E-state index in [1.807, 2.05) is 0 Å². The molecule has 17 heavy (non-hydrogen) atoms. The number of carbonyl (C=O) groups excluding carboxylic acids is 1. The maximum atomic E-state index is 13.0. The van der Waals surface area contributed by atoms with Gasteiger partial charge in [-0.25, -0.2) is 4.39 Å². The number of benzene rings is 1. The summed E-state index contributed by atoms with van der Waals surface area (Å²) >= 11 is 8.76. The van der Waals surface area contributed by atoms with Crippen LogP contribution in [0.15, 0.2) is 22.7 Å². The number of nitrogens with one attached hydrogen (secondary N) is 1. The van der Waals surface area contributed by atoms with Crippen LogP contribution in [0.25, 0.3) is 0 Å². The summed E-state index contributed by atoms with van der Waals surface area (Å²) in [4.78, 5) is 11.7. The number of hydrogen-bond acceptors (Lipinski definition) is 1. The molecular formula is C12H14BrClFNO. The molecule has 0 fully saturated rings. The quantitative estimate of drug-likeness (QED) is 0.627. The molecule has 94 valence electrons. The Hall–Kier alpha value is -0.610. The molecule has 0 aliphatic carbocycles. The van der Waals surface area contributed by atoms with E-state index < -0.39 is 5.82 Å². The molecular weight excluding hydrogens is 308 g/mol. The zero-order valence-corrected chi connectivity index (χ0v) is 11.7. The molecule has 0 bridgehead atoms. The Morgan fingerprint density at radius 2 is 2.12 bits per heavy atom. The Morgan fingerprint density at radius 3 is 2.82 bits per heavy atom. The second-order valence-electron chi connectivity index (χ2n) is 3.63. The molecule has 2 nitrogen and oxygen atoms in total. The first-order valence-electron chi connectivity index (χ1n) is 5.44. The molecule has 0 atom stereocenters. The van der Waals surface area contributed by atoms with Crippen LogP contribution in [0.4, 0.5) is 4.39 Å². The van der Waals surface area contributed by atoms with Gasteiger partial charge in [0.15, 0.2) is 0 Å². The summed E-state index contributed by atoms with van der Waals surface area (Å²) in [5.74, 6) is -0.0358. The van der Waals surface area contributed by atoms with Crippen LogP contribution in [0.5, 0.6) is 0 Å². The Morgan fingerprint density at radius 1 is 1.35 bits per heavy atom. The van der Waals surface area contributed by atoms with Gasteiger partial charge >= 0.3 is 0 Å². The first-order chi connectivity index (χ1) is 8.15. The van der Waals surface area contributed by atoms with Crippen molar-refractivity contribution in [2.24, 2.45) is 0 Å². The van der Waals surface area contributed by atoms with Gasteiger partial charge in [0.05, 0.1) is 5.56 Å². The molecule has 1 aromatic rings. The van der Waals surface area contributed by atoms with Crippen molar-refractivity contribution in [3.63, 3.8) is 0 Å². The summed E-state index contributed by atoms with van der Waals surface area (Å²) < 4.78 is 13.6. The fraction of sp³-hybridized carbons (Fsp3) is 0.417. The minimum atomic E-state index is -0.416. The molecule has 0 aliphatic rings. The number of rotatable bonds is 6. The smallest absolute Gasteiger partial charge is 0.252 e. The van der Waals surface area contributed by atoms with E-state index >= 15 is 0 Å². The first kappa shape index (κ1) is 14.5. The summed E-state index contributed by atoms with van der Waals surface area (Å²) in [6.45, 7) is 0.582. The van der Waals surface area contributed by atoms with Crippen molar-refractivity contribution in [1.82, 2.24) is 5.32 Å². The van der Waals surface area contributed by atoms with Gasteiger partial charge in [0.2, 0.25) is 0 Å². The average Bonchev–Trinajstić information content (AvgIpc) is 2.32. The summed E-state index contributed by atoms with van der Waals surface area (Å²) in [5, 5.41) is 2.75. The molecule has 0 spiro atoms. The van der Waals surface area contributed by atoms with Crippen molar-refractivity contribution >= 4 is 33.4 Å². The highest BCUT2D eigenvalue weighted by atomic mass is 79.9. The SMILES string of the molecule is O=C(NCCCCCCl)c1cc(F)ccc1Br. The van der Waals surface area contributed by atoms with Gasteiger partial charge in [-0.2, -0.15) is 0 Å². The third-order valence-electron chi connectivity index (χ3n) is 2.27. The third-order valence-corrected chi connectivity index (χ3v) is 3.23. The molecule has 5 heteroatoms. The minimum Gasteiger partial charge on any atom is -0.352 e. The zero-order valence-electron chi connectivity index (χ0n) is 9.31. The predicted molar refractivity (Wildman–Crippen MR) is 71.0 cm³/mol. The number of amides is 1. The van der Waals surface area contributed by atoms with E-state index in [1.54, 1.807) is 0 Å². The van der Waals surface area contributed by atoms with Crippen LogP contribution in [-0.4, -0.2) is 18.3 Å². The van der Waals surface area contributed by atoms with Crippen molar-refractivity contribution in [3.8, 4) is 0 Å². The lowest BCUT2D eigenvalue weighted by Gasteiger charge is -2.06. The molecule has 1 N–H and O–H groups in total. The normalized spacial score (nSPS) is 10.3. The van der Waals surface area contributed by atoms with Crippen LogP contribution < -0.4 is 5.32 Å². The van der Waals surface area contributed by atoms with E-state index in [1.165, 1.54) is 18.2 Å². The molecule has 0 radical (unpaired) electrons. The highest BCUT2D eigenvalue weighted by Gasteiger charge is 2.10. The van der Waals surface area contributed by atoms with Gasteiger partial charge in [-0.3, -0.25) is 4.79 Å². The molecule has 0 saturated carbocycles. The summed E-state index contributed by atoms with van der Waals surface area (Å²) in [5.41, 5.74) is 0.322. The Labute approximate surface area is 114 Å². The molecule has 1 amide bonds. The lowest BCUT2D eigenvalue weighted by molar-refractivity contribution is 0.0951. The van der Waals surface area contributed by atoms with Crippen LogP contribution in [0, 0.1) is 5.82 Å². The van der Waals surface area contributed by atoms with Crippen LogP contribution in [0.2, 0.25) is 0 Å². The third kappa shape index (κ3) is 5.04. The second-order valence-corrected chi connectivity index (χ2v) is 4.86. The number of alkyl halides is 1. The Balaban J connectivity index is 2.44. The largest absolute Gasteiger partial charge is 0.352 e. The zero-order chi connectivity index (χ0) is 12.7. The van der Waals surface area contributed by atoms with Gasteiger partial charge < -0.3 is 5.32 Å². The van der Waals surface area contributed by atoms with Crippen molar-refractivity contribution < 1.29 is 9.18 Å². The maximum Gasteiger partial charge on any atom is 0.252 e. The molecule has 0 heterocycles. The van der Waals surface area contributed by atoms with Gasteiger partial charge in [0, 0.05) is 16.9 Å². The molecule has 1 aromatic carbocycles. The van der Waals surface area contributed by atoms with Gasteiger partial charge in [-0.1, -0.05) is 6.42 Å². The van der Waals surface area contributed by atoms with Gasteiger partial charge in [-0.05, 0) is 47.0 Å². The number of hydrogen-bond donors (Lipinski definition) is 1. The van der Waals surface area contributed by atoms with E-state index in [4.69, 9.17) is 11.6 Å². The lowest BCUT2D eigenvalue weighted by Crippen LogP contribution is -2.24. The highest BCUT2D eigenvalue weighted by molar-refractivity contribution is 9.10. The average molecular weight is 323 g/mol. The van der Waals surface area contributed by atoms with Crippen molar-refractivity contribution in [2.45, 2.75) is 19.3 Å². The Kier molecular flexibility index (Phi) is 6.52. The molecule has 0 saturated heterocycles. The van der Waals surface area contributed by atoms with Gasteiger partial charge in [0.1, 0.15) is 5.82 Å². The summed E-state index contributed by atoms with van der Waals surface area (Å²) in [6.07, 6.45) is 2.81. The van der Waals surface area contributed by atoms with E-state index in [0.29, 0.717) is 22.5 Å². The van der Waals surface area contributed by atoms with Crippen LogP contribution in [0.3, 0.4) is 0 Å². The van der Waals surface area contributed by atoms with Crippen molar-refractivity contribution in [2.75, 3.05) is 12.4 Å². The summed E-state index contributed by atoms with van der Waals surface area (Å²) in [6, 6.07) is 4.05. The molecule has 0 unspecified atom stereocenters. The Bertz CT molecular complexity index is 387. The lowest BCUT2D eigenvalue weighted by atomic mass is 10.2.